The molecular weight excluding hydrogens is 321 g/mol. The molecule has 1 fully saturated rings. The number of halogens is 2. The second kappa shape index (κ2) is 7.77. The maximum Gasteiger partial charge on any atom is 0.251 e. The van der Waals surface area contributed by atoms with Gasteiger partial charge in [0.1, 0.15) is 0 Å². The van der Waals surface area contributed by atoms with Crippen molar-refractivity contribution in [3.8, 4) is 0 Å². The number of benzene rings is 1. The van der Waals surface area contributed by atoms with Crippen LogP contribution in [0.25, 0.3) is 10.9 Å². The van der Waals surface area contributed by atoms with E-state index in [1.54, 1.807) is 6.20 Å². The zero-order valence-electron chi connectivity index (χ0n) is 12.2. The Hall–Kier alpha value is -1.36. The molecule has 0 aliphatic heterocycles. The van der Waals surface area contributed by atoms with Crippen LogP contribution in [0.5, 0.6) is 0 Å². The normalized spacial score (nSPS) is 15.7. The summed E-state index contributed by atoms with van der Waals surface area (Å²) in [6.45, 7) is 0.508. The Labute approximate surface area is 142 Å². The van der Waals surface area contributed by atoms with Crippen molar-refractivity contribution in [1.29, 1.82) is 0 Å². The quantitative estimate of drug-likeness (QED) is 0.901. The molecule has 1 aromatic heterocycles. The van der Waals surface area contributed by atoms with Gasteiger partial charge in [0, 0.05) is 23.7 Å². The van der Waals surface area contributed by atoms with Gasteiger partial charge in [-0.2, -0.15) is 0 Å². The van der Waals surface area contributed by atoms with Gasteiger partial charge in [-0.05, 0) is 37.1 Å². The second-order valence-corrected chi connectivity index (χ2v) is 5.56. The van der Waals surface area contributed by atoms with Gasteiger partial charge in [-0.3, -0.25) is 9.78 Å². The fourth-order valence-corrected chi connectivity index (χ4v) is 2.96. The second-order valence-electron chi connectivity index (χ2n) is 5.56. The summed E-state index contributed by atoms with van der Waals surface area (Å²) in [6, 6.07) is 9.43. The van der Waals surface area contributed by atoms with E-state index in [4.69, 9.17) is 5.73 Å². The molecule has 0 atom stereocenters. The molecule has 120 valence electrons. The number of aromatic nitrogens is 1. The van der Waals surface area contributed by atoms with Gasteiger partial charge in [0.15, 0.2) is 0 Å². The SMILES string of the molecule is Cl.Cl.NCC1(NC(=O)c2ccc3ncccc3c2)CCCC1. The molecule has 0 spiro atoms. The highest BCUT2D eigenvalue weighted by Crippen LogP contribution is 2.29. The van der Waals surface area contributed by atoms with Gasteiger partial charge >= 0.3 is 0 Å². The van der Waals surface area contributed by atoms with Crippen molar-refractivity contribution in [2.45, 2.75) is 31.2 Å². The van der Waals surface area contributed by atoms with Gasteiger partial charge in [0.2, 0.25) is 0 Å². The van der Waals surface area contributed by atoms with Gasteiger partial charge in [-0.1, -0.05) is 18.9 Å². The van der Waals surface area contributed by atoms with E-state index in [-0.39, 0.29) is 36.3 Å². The number of amides is 1. The van der Waals surface area contributed by atoms with Gasteiger partial charge in [-0.15, -0.1) is 24.8 Å². The van der Waals surface area contributed by atoms with Crippen LogP contribution in [0, 0.1) is 0 Å². The van der Waals surface area contributed by atoms with Crippen LogP contribution in [-0.2, 0) is 0 Å². The summed E-state index contributed by atoms with van der Waals surface area (Å²) in [7, 11) is 0. The molecule has 22 heavy (non-hydrogen) atoms. The van der Waals surface area contributed by atoms with Gasteiger partial charge in [-0.25, -0.2) is 0 Å². The van der Waals surface area contributed by atoms with Crippen LogP contribution in [0.2, 0.25) is 0 Å². The number of rotatable bonds is 3. The van der Waals surface area contributed by atoms with Crippen LogP contribution >= 0.6 is 24.8 Å². The first-order valence-electron chi connectivity index (χ1n) is 7.10. The Bertz CT molecular complexity index is 642. The highest BCUT2D eigenvalue weighted by Gasteiger charge is 2.34. The Balaban J connectivity index is 0.00000121. The van der Waals surface area contributed by atoms with E-state index >= 15 is 0 Å². The van der Waals surface area contributed by atoms with E-state index in [1.807, 2.05) is 30.3 Å². The maximum absolute atomic E-state index is 12.4. The number of hydrogen-bond acceptors (Lipinski definition) is 3. The number of nitrogens with one attached hydrogen (secondary N) is 1. The number of carbonyl (C=O) groups excluding carboxylic acids is 1. The third-order valence-corrected chi connectivity index (χ3v) is 4.20. The van der Waals surface area contributed by atoms with Crippen molar-refractivity contribution in [3.63, 3.8) is 0 Å². The van der Waals surface area contributed by atoms with E-state index in [2.05, 4.69) is 10.3 Å². The lowest BCUT2D eigenvalue weighted by molar-refractivity contribution is 0.0903. The average Bonchev–Trinajstić information content (AvgIpc) is 2.96. The van der Waals surface area contributed by atoms with Crippen molar-refractivity contribution in [2.24, 2.45) is 5.73 Å². The summed E-state index contributed by atoms with van der Waals surface area (Å²) in [5, 5.41) is 4.12. The highest BCUT2D eigenvalue weighted by atomic mass is 35.5. The smallest absolute Gasteiger partial charge is 0.251 e. The fourth-order valence-electron chi connectivity index (χ4n) is 2.96. The van der Waals surface area contributed by atoms with Crippen molar-refractivity contribution in [3.05, 3.63) is 42.1 Å². The average molecular weight is 342 g/mol. The number of carbonyl (C=O) groups is 1. The molecule has 3 N–H and O–H groups in total. The summed E-state index contributed by atoms with van der Waals surface area (Å²) >= 11 is 0. The van der Waals surface area contributed by atoms with E-state index in [9.17, 15) is 4.79 Å². The molecule has 0 unspecified atom stereocenters. The zero-order chi connectivity index (χ0) is 14.0. The molecule has 1 amide bonds. The Morgan fingerprint density at radius 1 is 1.23 bits per heavy atom. The molecule has 6 heteroatoms. The Morgan fingerprint density at radius 2 is 1.95 bits per heavy atom. The largest absolute Gasteiger partial charge is 0.345 e. The van der Waals surface area contributed by atoms with Crippen LogP contribution < -0.4 is 11.1 Å². The van der Waals surface area contributed by atoms with E-state index in [0.29, 0.717) is 12.1 Å². The molecule has 1 aromatic carbocycles. The lowest BCUT2D eigenvalue weighted by Crippen LogP contribution is -2.51. The van der Waals surface area contributed by atoms with Gasteiger partial charge in [0.25, 0.3) is 5.91 Å². The molecule has 2 aromatic rings. The van der Waals surface area contributed by atoms with Gasteiger partial charge in [0.05, 0.1) is 11.1 Å². The summed E-state index contributed by atoms with van der Waals surface area (Å²) in [6.07, 6.45) is 5.98. The predicted octanol–water partition coefficient (Wildman–Crippen LogP) is 3.08. The standard InChI is InChI=1S/C16H19N3O.2ClH/c17-11-16(7-1-2-8-16)19-15(20)13-5-6-14-12(10-13)4-3-9-18-14;;/h3-6,9-10H,1-2,7-8,11,17H2,(H,19,20);2*1H. The minimum Gasteiger partial charge on any atom is -0.345 e. The lowest BCUT2D eigenvalue weighted by atomic mass is 9.97. The summed E-state index contributed by atoms with van der Waals surface area (Å²) in [5.41, 5.74) is 7.23. The summed E-state index contributed by atoms with van der Waals surface area (Å²) in [4.78, 5) is 16.7. The molecular formula is C16H21Cl2N3O. The minimum atomic E-state index is -0.207. The molecule has 1 heterocycles. The number of pyridine rings is 1. The third kappa shape index (κ3) is 3.69. The zero-order valence-corrected chi connectivity index (χ0v) is 13.9. The fraction of sp³-hybridized carbons (Fsp3) is 0.375. The number of nitrogens with zero attached hydrogens (tertiary/aromatic N) is 1. The molecule has 1 aliphatic rings. The van der Waals surface area contributed by atoms with Crippen LogP contribution in [0.4, 0.5) is 0 Å². The first kappa shape index (κ1) is 18.7. The monoisotopic (exact) mass is 341 g/mol. The van der Waals surface area contributed by atoms with Gasteiger partial charge < -0.3 is 11.1 Å². The first-order valence-corrected chi connectivity index (χ1v) is 7.10. The maximum atomic E-state index is 12.4. The van der Waals surface area contributed by atoms with Crippen molar-refractivity contribution >= 4 is 41.6 Å². The number of nitrogens with two attached hydrogens (primary N) is 1. The summed E-state index contributed by atoms with van der Waals surface area (Å²) in [5.74, 6) is -0.0388. The molecule has 1 saturated carbocycles. The topological polar surface area (TPSA) is 68.0 Å². The molecule has 0 saturated heterocycles. The molecule has 1 aliphatic carbocycles. The molecule has 0 bridgehead atoms. The predicted molar refractivity (Wildman–Crippen MR) is 94.0 cm³/mol. The minimum absolute atomic E-state index is 0. The first-order chi connectivity index (χ1) is 9.72. The van der Waals surface area contributed by atoms with Crippen LogP contribution in [-0.4, -0.2) is 23.0 Å². The lowest BCUT2D eigenvalue weighted by Gasteiger charge is -2.28. The number of hydrogen-bond donors (Lipinski definition) is 2. The van der Waals surface area contributed by atoms with Crippen molar-refractivity contribution < 1.29 is 4.79 Å². The van der Waals surface area contributed by atoms with Crippen LogP contribution in [0.15, 0.2) is 36.5 Å². The van der Waals surface area contributed by atoms with E-state index in [0.717, 1.165) is 36.6 Å². The highest BCUT2D eigenvalue weighted by molar-refractivity contribution is 5.98. The van der Waals surface area contributed by atoms with Crippen molar-refractivity contribution in [1.82, 2.24) is 10.3 Å². The Morgan fingerprint density at radius 3 is 2.64 bits per heavy atom. The molecule has 0 radical (unpaired) electrons. The Kier molecular flexibility index (Phi) is 6.60. The van der Waals surface area contributed by atoms with Crippen molar-refractivity contribution in [2.75, 3.05) is 6.54 Å². The molecule has 3 rings (SSSR count). The third-order valence-electron chi connectivity index (χ3n) is 4.20. The summed E-state index contributed by atoms with van der Waals surface area (Å²) < 4.78 is 0. The van der Waals surface area contributed by atoms with E-state index < -0.39 is 0 Å². The number of fused-ring (bicyclic) bond motifs is 1. The van der Waals surface area contributed by atoms with Crippen LogP contribution in [0.1, 0.15) is 36.0 Å². The van der Waals surface area contributed by atoms with Crippen LogP contribution in [0.3, 0.4) is 0 Å². The van der Waals surface area contributed by atoms with E-state index in [1.165, 1.54) is 0 Å². The molecule has 4 nitrogen and oxygen atoms in total.